The van der Waals surface area contributed by atoms with Gasteiger partial charge in [-0.3, -0.25) is 81.6 Å². The largest absolute Gasteiger partial charge is 0.494 e. The van der Waals surface area contributed by atoms with Crippen molar-refractivity contribution in [2.75, 3.05) is 163 Å². The summed E-state index contributed by atoms with van der Waals surface area (Å²) >= 11 is 3.16. The highest BCUT2D eigenvalue weighted by Crippen LogP contribution is 2.35. The van der Waals surface area contributed by atoms with Crippen molar-refractivity contribution in [2.45, 2.75) is 93.5 Å². The molecule has 848 valence electrons. The van der Waals surface area contributed by atoms with E-state index in [-0.39, 0.29) is 116 Å². The smallest absolute Gasteiger partial charge is 0.410 e. The summed E-state index contributed by atoms with van der Waals surface area (Å²) in [4.78, 5) is 110. The quantitative estimate of drug-likeness (QED) is 0.00800. The Morgan fingerprint density at radius 2 is 0.717 bits per heavy atom. The number of fused-ring (bicyclic) bond motifs is 1. The van der Waals surface area contributed by atoms with Crippen LogP contribution in [0.15, 0.2) is 199 Å². The number of rotatable bonds is 36. The predicted molar refractivity (Wildman–Crippen MR) is 617 cm³/mol. The number of alkyl halides is 1. The van der Waals surface area contributed by atoms with E-state index in [1.807, 2.05) is 37.3 Å². The summed E-state index contributed by atoms with van der Waals surface area (Å²) in [5, 5.41) is 70.5. The fourth-order valence-electron chi connectivity index (χ4n) is 12.1. The SMILES string of the molecule is C.CCNC(=O)c1ccc2c(C(=Nc3ccc(N(CCN(C)C(=O)OC(C)(C)C)S(C)(=O)=O)cc3)c3ccccc3)c(O)[nH]c2c1.CN(CCN(c1ccc([N+](=O)[O-])cc1)S(C)(=O)=O)C(=O)OC(C)(C)C.CN(CCN(c1ccc([N+](=O)[O-])cc1)S(C)(=O)=O)C(=O)OC(C)(C)C.CNCCN(c1ccc([N+](=O)[O-])cc1)S(C)(=O)=O.CS(=O)(=O)N(CCBr)c1ccc([N+](=O)[O-])cc1.CS(=O)(=O)Nc1ccc([N+](=O)[O-])cc1.[2HH].[2HH].[2HH].[2H][2H].[2H][2H].[2H][2H].[2H][2H].[2H][2H].[2H][2H].[2H][2H].[2H][2H].[2H][2H].[2H][2H].[2H][2H].[2H][2H].[2H][2H].[2H][2H].[2H][2H].[2H][2H].[2H][2H].[2H][2H].[2H][2H].[2H][2H].[2H][2H].[2H][2H].[2H][2H]. The summed E-state index contributed by atoms with van der Waals surface area (Å²) in [6.45, 7) is 19.4. The summed E-state index contributed by atoms with van der Waals surface area (Å²) in [5.74, 6) is -0.318. The molecule has 55 heteroatoms. The van der Waals surface area contributed by atoms with Crippen LogP contribution in [0.3, 0.4) is 0 Å². The summed E-state index contributed by atoms with van der Waals surface area (Å²) in [6, 6.07) is 47.4. The van der Waals surface area contributed by atoms with E-state index in [0.717, 1.165) is 51.7 Å². The van der Waals surface area contributed by atoms with Crippen LogP contribution in [0.25, 0.3) is 10.9 Å². The highest BCUT2D eigenvalue weighted by molar-refractivity contribution is 9.09. The first-order chi connectivity index (χ1) is 89.4. The van der Waals surface area contributed by atoms with Gasteiger partial charge in [0.05, 0.1) is 127 Å². The van der Waals surface area contributed by atoms with Crippen LogP contribution in [0.4, 0.5) is 82.6 Å². The molecule has 1 heterocycles. The van der Waals surface area contributed by atoms with Crippen LogP contribution in [0.1, 0.15) is 171 Å². The molecule has 1 aromatic heterocycles. The molecule has 145 heavy (non-hydrogen) atoms. The number of nitro benzene ring substituents is 5. The molecule has 0 radical (unpaired) electrons. The van der Waals surface area contributed by atoms with Crippen LogP contribution >= 0.6 is 15.9 Å². The standard InChI is InChI=1S/C33H39N5O6S.2C15H23N3O6S.C10H15N3O4S.C9H11BrN2O4S.C7H8N2O4S.CH4.26H2/c1-7-34-30(39)23-13-18-26-27(21-23)36-31(40)28(26)29(22-11-9-8-10-12-22)35-24-14-16-25(17-15-24)38(45(6,42)43)20-19-37(5)32(41)44-33(2,3)4;2*1-15(2,3)24-14(19)16(4)10-11-17(25(5,22)23)12-6-8-13(9-7-12)18(20)21;1-11-7-8-12(18(2,16)17)9-3-5-10(6-4-9)13(14)15;1-17(15,16)11(7-6-10)8-2-4-9(5-3-8)12(13)14;1-14(12,13)8-6-2-4-7(5-3-6)9(10)11;;;;;;;;;;;;;;;;;;;;;;;;;;;/h8-18,21,36,40H,7,19-20H2,1-6H3,(H,34,39);2*6-9H,10-11H2,1-5H3;3-6,11H,7-8H2,1-2H3;2-5H,6-7H2,1H3;2-5,8H,1H3;1H4;26*1H/i;;;;;;;23*1+1D;3*1+1. The highest BCUT2D eigenvalue weighted by atomic mass is 79.9. The molecule has 4 amide bonds. The number of hydrogen-bond donors (Lipinski definition) is 5. The van der Waals surface area contributed by atoms with Gasteiger partial charge in [0.15, 0.2) is 5.88 Å². The van der Waals surface area contributed by atoms with Gasteiger partial charge in [-0.15, -0.1) is 0 Å². The number of nitrogens with zero attached hydrogens (tertiary/aromatic N) is 14. The monoisotopic (exact) mass is 2310 g/mol. The van der Waals surface area contributed by atoms with Crippen LogP contribution < -0.4 is 36.9 Å². The molecule has 0 saturated carbocycles. The minimum atomic E-state index is -3.68. The van der Waals surface area contributed by atoms with Crippen molar-refractivity contribution in [3.05, 3.63) is 261 Å². The number of sulfonamides is 6. The van der Waals surface area contributed by atoms with Crippen LogP contribution in [0.5, 0.6) is 5.88 Å². The third kappa shape index (κ3) is 43.2. The Morgan fingerprint density at radius 1 is 0.428 bits per heavy atom. The number of H-pyrrole nitrogens is 1. The molecule has 0 aliphatic heterocycles. The fourth-order valence-corrected chi connectivity index (χ4v) is 17.8. The molecule has 0 aliphatic carbocycles. The van der Waals surface area contributed by atoms with Crippen molar-refractivity contribution in [3.8, 4) is 5.88 Å². The van der Waals surface area contributed by atoms with E-state index in [4.69, 9.17) is 87.5 Å². The molecule has 9 aromatic rings. The zero-order valence-corrected chi connectivity index (χ0v) is 89.1. The second-order valence-electron chi connectivity index (χ2n) is 34.3. The highest BCUT2D eigenvalue weighted by Gasteiger charge is 2.30. The van der Waals surface area contributed by atoms with Gasteiger partial charge in [0.2, 0.25) is 60.1 Å². The molecule has 48 nitrogen and oxygen atoms in total. The Labute approximate surface area is 927 Å². The minimum absolute atomic E-state index is 0. The van der Waals surface area contributed by atoms with Crippen LogP contribution in [0.2, 0.25) is 0 Å². The lowest BCUT2D eigenvalue weighted by Crippen LogP contribution is -2.41. The molecule has 0 atom stereocenters. The van der Waals surface area contributed by atoms with E-state index >= 15 is 0 Å². The second-order valence-corrected chi connectivity index (χ2v) is 46.3. The van der Waals surface area contributed by atoms with Crippen molar-refractivity contribution in [1.29, 1.82) is 0 Å². The maximum Gasteiger partial charge on any atom is 0.410 e. The van der Waals surface area contributed by atoms with Gasteiger partial charge >= 0.3 is 18.3 Å². The van der Waals surface area contributed by atoms with Crippen molar-refractivity contribution in [3.63, 3.8) is 0 Å². The van der Waals surface area contributed by atoms with Gasteiger partial charge < -0.3 is 49.6 Å². The third-order valence-electron chi connectivity index (χ3n) is 18.7. The maximum absolute atomic E-state index is 12.7. The lowest BCUT2D eigenvalue weighted by Gasteiger charge is -2.27. The molecule has 5 N–H and O–H groups in total. The summed E-state index contributed by atoms with van der Waals surface area (Å²) in [6.07, 6.45) is 4.69. The maximum atomic E-state index is 12.7. The number of aromatic nitrogens is 1. The first kappa shape index (κ1) is 91.0. The molecule has 0 spiro atoms. The van der Waals surface area contributed by atoms with Gasteiger partial charge in [0.1, 0.15) is 16.8 Å². The normalized spacial score (nSPS) is 12.8. The van der Waals surface area contributed by atoms with Gasteiger partial charge in [-0.2, -0.15) is 0 Å². The lowest BCUT2D eigenvalue weighted by molar-refractivity contribution is -0.385. The molecule has 0 unspecified atom stereocenters. The topological polar surface area (TPSA) is 627 Å². The number of aromatic amines is 1. The fraction of sp³-hybridized carbons (Fsp3) is 0.389. The number of nitrogens with one attached hydrogen (secondary N) is 4. The Balaban J connectivity index is -0.0000000783. The van der Waals surface area contributed by atoms with Crippen LogP contribution in [0, 0.1) is 50.6 Å². The Kier molecular flexibility index (Phi) is 34.3. The number of nitro groups is 5. The molecule has 8 aromatic carbocycles. The van der Waals surface area contributed by atoms with E-state index in [1.54, 1.807) is 119 Å². The van der Waals surface area contributed by atoms with E-state index in [1.165, 1.54) is 163 Å². The molecule has 9 rings (SSSR count). The number of benzene rings is 8. The molecular weight excluding hydrogens is 2090 g/mol. The zero-order chi connectivity index (χ0) is 155. The number of amides is 4. The number of ether oxygens (including phenoxy) is 3. The van der Waals surface area contributed by atoms with Gasteiger partial charge in [0, 0.05) is 233 Å². The first-order valence-corrected chi connectivity index (χ1v) is 55.1. The van der Waals surface area contributed by atoms with Crippen molar-refractivity contribution >= 4 is 185 Å². The first-order valence-electron chi connectivity index (χ1n) is 65.9. The Hall–Kier alpha value is -14.0. The number of carbonyl (C=O) groups is 4. The van der Waals surface area contributed by atoms with Gasteiger partial charge in [-0.05, 0) is 173 Å². The zero-order valence-electron chi connectivity index (χ0n) is 129. The number of carbonyl (C=O) groups excluding carboxylic acids is 4. The number of aromatic hydroxyl groups is 1. The Bertz CT molecular complexity index is 6720. The van der Waals surface area contributed by atoms with Crippen molar-refractivity contribution < 1.29 is 186 Å². The summed E-state index contributed by atoms with van der Waals surface area (Å²) in [7, 11) is -14.8. The lowest BCUT2D eigenvalue weighted by atomic mass is 10.00. The van der Waals surface area contributed by atoms with E-state index in [9.17, 15) is 125 Å². The van der Waals surface area contributed by atoms with Gasteiger partial charge in [0.25, 0.3) is 34.3 Å². The third-order valence-corrected chi connectivity index (χ3v) is 25.6. The number of halogens is 1. The van der Waals surface area contributed by atoms with E-state index < -0.39 is 120 Å². The van der Waals surface area contributed by atoms with E-state index in [0.29, 0.717) is 74.6 Å². The van der Waals surface area contributed by atoms with Gasteiger partial charge in [-0.25, -0.2) is 69.9 Å². The molecule has 0 bridgehead atoms. The van der Waals surface area contributed by atoms with Crippen molar-refractivity contribution in [2.24, 2.45) is 4.99 Å². The minimum Gasteiger partial charge on any atom is -0.494 e. The predicted octanol–water partition coefficient (Wildman–Crippen LogP) is 20.2. The van der Waals surface area contributed by atoms with Crippen LogP contribution in [-0.4, -0.2) is 283 Å². The molecular formula is C90H175BrN18O30S6. The van der Waals surface area contributed by atoms with Gasteiger partial charge in [-0.1, -0.05) is 59.8 Å². The number of anilines is 6. The van der Waals surface area contributed by atoms with Crippen LogP contribution in [-0.2, 0) is 74.4 Å². The second kappa shape index (κ2) is 54.6. The number of hydrogen-bond acceptors (Lipinski definition) is 32. The molecule has 0 saturated heterocycles. The molecule has 0 aliphatic rings. The Morgan fingerprint density at radius 3 is 0.986 bits per heavy atom. The number of likely N-dealkylation sites (N-methyl/N-ethyl adjacent to an activating group) is 4. The number of aliphatic imine (C=N–C) groups is 1. The molecule has 0 fully saturated rings. The summed E-state index contributed by atoms with van der Waals surface area (Å²) in [5.41, 5.74) is 2.88. The average Bonchev–Trinajstić information content (AvgIpc) is 1.62. The van der Waals surface area contributed by atoms with Crippen molar-refractivity contribution in [1.82, 2.24) is 30.3 Å². The summed E-state index contributed by atoms with van der Waals surface area (Å²) < 4.78 is 395. The number of non-ortho nitro benzene ring substituents is 5. The average molecular weight is 2310 g/mol. The van der Waals surface area contributed by atoms with E-state index in [2.05, 4.69) is 36.3 Å².